The van der Waals surface area contributed by atoms with Crippen molar-refractivity contribution in [1.29, 1.82) is 0 Å². The van der Waals surface area contributed by atoms with Crippen molar-refractivity contribution in [1.82, 2.24) is 0 Å². The minimum atomic E-state index is -3.05. The number of rotatable bonds is 4. The molecule has 1 fully saturated rings. The first kappa shape index (κ1) is 14.7. The molecule has 0 spiro atoms. The zero-order chi connectivity index (χ0) is 14.9. The van der Waals surface area contributed by atoms with E-state index in [1.54, 1.807) is 24.1 Å². The molecule has 0 aliphatic carbocycles. The second kappa shape index (κ2) is 5.37. The van der Waals surface area contributed by atoms with Gasteiger partial charge in [-0.15, -0.1) is 0 Å². The third kappa shape index (κ3) is 2.91. The average Bonchev–Trinajstić information content (AvgIpc) is 2.77. The Balaban J connectivity index is 2.34. The van der Waals surface area contributed by atoms with Crippen LogP contribution in [-0.4, -0.2) is 43.0 Å². The molecule has 7 nitrogen and oxygen atoms in total. The molecule has 0 saturated carbocycles. The van der Waals surface area contributed by atoms with Gasteiger partial charge < -0.3 is 10.0 Å². The van der Waals surface area contributed by atoms with Crippen molar-refractivity contribution in [2.75, 3.05) is 23.5 Å². The molecule has 1 N–H and O–H groups in total. The largest absolute Gasteiger partial charge is 0.392 e. The minimum absolute atomic E-state index is 0.0163. The number of aliphatic hydroxyl groups is 1. The van der Waals surface area contributed by atoms with Crippen LogP contribution in [0.4, 0.5) is 11.4 Å². The van der Waals surface area contributed by atoms with Crippen LogP contribution in [0.15, 0.2) is 18.2 Å². The Morgan fingerprint density at radius 1 is 1.50 bits per heavy atom. The van der Waals surface area contributed by atoms with Crippen LogP contribution >= 0.6 is 0 Å². The van der Waals surface area contributed by atoms with Gasteiger partial charge in [0.2, 0.25) is 0 Å². The topological polar surface area (TPSA) is 101 Å². The Morgan fingerprint density at radius 3 is 2.70 bits per heavy atom. The molecule has 0 radical (unpaired) electrons. The Hall–Kier alpha value is -1.67. The molecule has 110 valence electrons. The fourth-order valence-electron chi connectivity index (χ4n) is 2.39. The molecule has 1 saturated heterocycles. The highest BCUT2D eigenvalue weighted by atomic mass is 32.2. The number of hydrogen-bond donors (Lipinski definition) is 1. The van der Waals surface area contributed by atoms with Gasteiger partial charge in [0.1, 0.15) is 5.69 Å². The molecule has 8 heteroatoms. The average molecular weight is 300 g/mol. The van der Waals surface area contributed by atoms with Crippen molar-refractivity contribution in [3.05, 3.63) is 33.9 Å². The molecule has 0 aromatic heterocycles. The lowest BCUT2D eigenvalue weighted by molar-refractivity contribution is -0.384. The summed E-state index contributed by atoms with van der Waals surface area (Å²) in [5, 5.41) is 20.2. The van der Waals surface area contributed by atoms with Crippen molar-refractivity contribution in [2.45, 2.75) is 19.1 Å². The van der Waals surface area contributed by atoms with E-state index in [2.05, 4.69) is 0 Å². The number of nitrogens with zero attached hydrogens (tertiary/aromatic N) is 2. The molecule has 1 unspecified atom stereocenters. The lowest BCUT2D eigenvalue weighted by atomic mass is 10.1. The molecular formula is C12H16N2O5S. The molecule has 1 aliphatic rings. The number of anilines is 1. The molecule has 0 amide bonds. The van der Waals surface area contributed by atoms with Crippen LogP contribution in [-0.2, 0) is 16.4 Å². The molecule has 1 aromatic carbocycles. The summed E-state index contributed by atoms with van der Waals surface area (Å²) < 4.78 is 23.0. The first-order valence-corrected chi connectivity index (χ1v) is 7.97. The third-order valence-electron chi connectivity index (χ3n) is 3.56. The maximum atomic E-state index is 11.5. The highest BCUT2D eigenvalue weighted by Gasteiger charge is 2.33. The van der Waals surface area contributed by atoms with Crippen molar-refractivity contribution in [3.8, 4) is 0 Å². The van der Waals surface area contributed by atoms with E-state index in [1.165, 1.54) is 6.07 Å². The summed E-state index contributed by atoms with van der Waals surface area (Å²) in [6.07, 6.45) is 0.470. The van der Waals surface area contributed by atoms with Gasteiger partial charge >= 0.3 is 0 Å². The van der Waals surface area contributed by atoms with E-state index in [4.69, 9.17) is 5.11 Å². The highest BCUT2D eigenvalue weighted by Crippen LogP contribution is 2.32. The van der Waals surface area contributed by atoms with E-state index in [0.29, 0.717) is 17.7 Å². The van der Waals surface area contributed by atoms with Gasteiger partial charge in [-0.25, -0.2) is 8.42 Å². The van der Waals surface area contributed by atoms with Crippen molar-refractivity contribution in [2.24, 2.45) is 0 Å². The van der Waals surface area contributed by atoms with Crippen molar-refractivity contribution in [3.63, 3.8) is 0 Å². The number of sulfone groups is 1. The second-order valence-corrected chi connectivity index (χ2v) is 7.13. The molecule has 1 atom stereocenters. The third-order valence-corrected chi connectivity index (χ3v) is 5.31. The summed E-state index contributed by atoms with van der Waals surface area (Å²) >= 11 is 0. The SMILES string of the molecule is CN(c1ccc(CO)cc1[N+](=O)[O-])C1CCS(=O)(=O)C1. The highest BCUT2D eigenvalue weighted by molar-refractivity contribution is 7.91. The van der Waals surface area contributed by atoms with E-state index in [-0.39, 0.29) is 29.8 Å². The lowest BCUT2D eigenvalue weighted by Crippen LogP contribution is -2.33. The predicted molar refractivity (Wildman–Crippen MR) is 74.5 cm³/mol. The van der Waals surface area contributed by atoms with Crippen LogP contribution < -0.4 is 4.90 Å². The number of aliphatic hydroxyl groups excluding tert-OH is 1. The second-order valence-electron chi connectivity index (χ2n) is 4.91. The Morgan fingerprint density at radius 2 is 2.20 bits per heavy atom. The van der Waals surface area contributed by atoms with Gasteiger partial charge in [-0.2, -0.15) is 0 Å². The van der Waals surface area contributed by atoms with Crippen LogP contribution in [0, 0.1) is 10.1 Å². The van der Waals surface area contributed by atoms with Gasteiger partial charge in [0.15, 0.2) is 9.84 Å². The van der Waals surface area contributed by atoms with Gasteiger partial charge in [0, 0.05) is 19.2 Å². The fourth-order valence-corrected chi connectivity index (χ4v) is 4.16. The molecule has 20 heavy (non-hydrogen) atoms. The summed E-state index contributed by atoms with van der Waals surface area (Å²) in [6, 6.07) is 4.21. The fraction of sp³-hybridized carbons (Fsp3) is 0.500. The Labute approximate surface area is 116 Å². The summed E-state index contributed by atoms with van der Waals surface area (Å²) in [5.74, 6) is 0.132. The van der Waals surface area contributed by atoms with Gasteiger partial charge in [-0.3, -0.25) is 10.1 Å². The van der Waals surface area contributed by atoms with Gasteiger partial charge in [-0.05, 0) is 18.1 Å². The monoisotopic (exact) mass is 300 g/mol. The summed E-state index contributed by atoms with van der Waals surface area (Å²) in [4.78, 5) is 12.2. The minimum Gasteiger partial charge on any atom is -0.392 e. The summed E-state index contributed by atoms with van der Waals surface area (Å²) in [7, 11) is -1.39. The van der Waals surface area contributed by atoms with Crippen LogP contribution in [0.25, 0.3) is 0 Å². The van der Waals surface area contributed by atoms with Crippen molar-refractivity contribution < 1.29 is 18.4 Å². The number of nitro benzene ring substituents is 1. The molecular weight excluding hydrogens is 284 g/mol. The van der Waals surface area contributed by atoms with Gasteiger partial charge in [0.05, 0.1) is 23.0 Å². The number of hydrogen-bond acceptors (Lipinski definition) is 6. The molecule has 1 heterocycles. The summed E-state index contributed by atoms with van der Waals surface area (Å²) in [5.41, 5.74) is 0.700. The van der Waals surface area contributed by atoms with E-state index in [9.17, 15) is 18.5 Å². The number of nitro groups is 1. The Kier molecular flexibility index (Phi) is 3.96. The maximum absolute atomic E-state index is 11.5. The maximum Gasteiger partial charge on any atom is 0.292 e. The zero-order valence-electron chi connectivity index (χ0n) is 11.0. The lowest BCUT2D eigenvalue weighted by Gasteiger charge is -2.25. The zero-order valence-corrected chi connectivity index (χ0v) is 11.8. The van der Waals surface area contributed by atoms with Crippen LogP contribution in [0.3, 0.4) is 0 Å². The van der Waals surface area contributed by atoms with E-state index in [0.717, 1.165) is 0 Å². The molecule has 1 aliphatic heterocycles. The van der Waals surface area contributed by atoms with Crippen LogP contribution in [0.2, 0.25) is 0 Å². The Bertz CT molecular complexity index is 629. The summed E-state index contributed by atoms with van der Waals surface area (Å²) in [6.45, 7) is -0.275. The van der Waals surface area contributed by atoms with Crippen molar-refractivity contribution >= 4 is 21.2 Å². The van der Waals surface area contributed by atoms with Crippen LogP contribution in [0.5, 0.6) is 0 Å². The van der Waals surface area contributed by atoms with Gasteiger partial charge in [0.25, 0.3) is 5.69 Å². The molecule has 2 rings (SSSR count). The number of benzene rings is 1. The quantitative estimate of drug-likeness (QED) is 0.649. The standard InChI is InChI=1S/C12H16N2O5S/c1-13(10-4-5-20(18,19)8-10)11-3-2-9(7-15)6-12(11)14(16)17/h2-3,6,10,15H,4-5,7-8H2,1H3. The van der Waals surface area contributed by atoms with Gasteiger partial charge in [-0.1, -0.05) is 6.07 Å². The van der Waals surface area contributed by atoms with Crippen LogP contribution in [0.1, 0.15) is 12.0 Å². The smallest absolute Gasteiger partial charge is 0.292 e. The molecule has 0 bridgehead atoms. The molecule has 1 aromatic rings. The first-order chi connectivity index (χ1) is 9.34. The van der Waals surface area contributed by atoms with E-state index < -0.39 is 14.8 Å². The van der Waals surface area contributed by atoms with E-state index in [1.807, 2.05) is 0 Å². The predicted octanol–water partition coefficient (Wildman–Crippen LogP) is 0.710. The normalized spacial score (nSPS) is 20.8. The first-order valence-electron chi connectivity index (χ1n) is 6.15. The van der Waals surface area contributed by atoms with E-state index >= 15 is 0 Å².